The Morgan fingerprint density at radius 3 is 2.89 bits per heavy atom. The summed E-state index contributed by atoms with van der Waals surface area (Å²) in [4.78, 5) is 27.4. The third-order valence-electron chi connectivity index (χ3n) is 5.95. The summed E-state index contributed by atoms with van der Waals surface area (Å²) in [7, 11) is 2.13. The number of hydrogen-bond donors (Lipinski definition) is 1. The number of aliphatic imine (C=N–C) groups is 1. The molecule has 3 heterocycles. The molecule has 0 amide bonds. The molecule has 1 aliphatic carbocycles. The van der Waals surface area contributed by atoms with Crippen molar-refractivity contribution in [3.05, 3.63) is 58.2 Å². The fourth-order valence-corrected chi connectivity index (χ4v) is 4.30. The molecular formula is C22H24N4O2. The van der Waals surface area contributed by atoms with Gasteiger partial charge in [-0.1, -0.05) is 18.2 Å². The van der Waals surface area contributed by atoms with E-state index in [1.165, 1.54) is 0 Å². The Morgan fingerprint density at radius 1 is 1.25 bits per heavy atom. The number of piperidine rings is 1. The topological polar surface area (TPSA) is 70.6 Å². The van der Waals surface area contributed by atoms with E-state index >= 15 is 0 Å². The molecule has 0 saturated carbocycles. The molecule has 0 spiro atoms. The smallest absolute Gasteiger partial charge is 0.258 e. The number of H-pyrrole nitrogens is 1. The number of benzene rings is 1. The first-order valence-corrected chi connectivity index (χ1v) is 9.91. The zero-order chi connectivity index (χ0) is 19.3. The quantitative estimate of drug-likeness (QED) is 0.875. The lowest BCUT2D eigenvalue weighted by molar-refractivity contribution is 0.251. The van der Waals surface area contributed by atoms with Gasteiger partial charge in [-0.05, 0) is 62.3 Å². The molecule has 1 aromatic carbocycles. The van der Waals surface area contributed by atoms with E-state index in [1.807, 2.05) is 25.1 Å². The van der Waals surface area contributed by atoms with Crippen LogP contribution in [0.5, 0.6) is 0 Å². The highest BCUT2D eigenvalue weighted by Crippen LogP contribution is 2.29. The van der Waals surface area contributed by atoms with E-state index in [1.54, 1.807) is 0 Å². The molecule has 2 atom stereocenters. The van der Waals surface area contributed by atoms with Crippen molar-refractivity contribution >= 4 is 22.4 Å². The average Bonchev–Trinajstić information content (AvgIpc) is 3.07. The first-order valence-electron chi connectivity index (χ1n) is 9.91. The fraction of sp³-hybridized carbons (Fsp3) is 0.409. The molecule has 6 nitrogen and oxygen atoms in total. The van der Waals surface area contributed by atoms with Crippen molar-refractivity contribution < 1.29 is 4.74 Å². The van der Waals surface area contributed by atoms with Gasteiger partial charge in [-0.25, -0.2) is 9.98 Å². The summed E-state index contributed by atoms with van der Waals surface area (Å²) in [6.07, 6.45) is 8.21. The van der Waals surface area contributed by atoms with Crippen LogP contribution in [0.4, 0.5) is 0 Å². The van der Waals surface area contributed by atoms with E-state index in [0.29, 0.717) is 11.3 Å². The molecule has 144 valence electrons. The van der Waals surface area contributed by atoms with Crippen LogP contribution >= 0.6 is 0 Å². The fourth-order valence-electron chi connectivity index (χ4n) is 4.30. The number of rotatable bonds is 2. The number of nitrogens with one attached hydrogen (secondary N) is 1. The monoisotopic (exact) mass is 376 g/mol. The highest BCUT2D eigenvalue weighted by molar-refractivity contribution is 5.86. The maximum absolute atomic E-state index is 12.8. The van der Waals surface area contributed by atoms with Gasteiger partial charge in [0.15, 0.2) is 5.90 Å². The minimum Gasteiger partial charge on any atom is -0.471 e. The van der Waals surface area contributed by atoms with Crippen molar-refractivity contribution in [2.75, 3.05) is 20.1 Å². The molecule has 2 unspecified atom stereocenters. The Balaban J connectivity index is 1.47. The number of fused-ring (bicyclic) bond motifs is 2. The maximum Gasteiger partial charge on any atom is 0.258 e. The molecule has 2 aliphatic heterocycles. The van der Waals surface area contributed by atoms with E-state index in [2.05, 4.69) is 40.2 Å². The van der Waals surface area contributed by atoms with Gasteiger partial charge >= 0.3 is 0 Å². The Morgan fingerprint density at radius 2 is 2.07 bits per heavy atom. The number of hydrogen-bond acceptors (Lipinski definition) is 5. The lowest BCUT2D eigenvalue weighted by Crippen LogP contribution is -2.30. The third kappa shape index (κ3) is 3.07. The van der Waals surface area contributed by atoms with Crippen molar-refractivity contribution in [2.24, 2.45) is 4.99 Å². The van der Waals surface area contributed by atoms with Gasteiger partial charge in [0.25, 0.3) is 5.56 Å². The number of allylic oxidation sites excluding steroid dienone is 2. The summed E-state index contributed by atoms with van der Waals surface area (Å²) >= 11 is 0. The van der Waals surface area contributed by atoms with Crippen molar-refractivity contribution in [1.82, 2.24) is 14.9 Å². The first kappa shape index (κ1) is 17.4. The van der Waals surface area contributed by atoms with Crippen LogP contribution in [0.25, 0.3) is 16.5 Å². The first-order chi connectivity index (χ1) is 13.6. The van der Waals surface area contributed by atoms with Gasteiger partial charge < -0.3 is 14.6 Å². The lowest BCUT2D eigenvalue weighted by atomic mass is 9.94. The van der Waals surface area contributed by atoms with Gasteiger partial charge in [0.2, 0.25) is 0 Å². The second-order valence-electron chi connectivity index (χ2n) is 7.96. The summed E-state index contributed by atoms with van der Waals surface area (Å²) in [6.45, 7) is 3.96. The van der Waals surface area contributed by atoms with E-state index < -0.39 is 0 Å². The predicted octanol–water partition coefficient (Wildman–Crippen LogP) is 2.87. The number of aromatic amines is 1. The van der Waals surface area contributed by atoms with Gasteiger partial charge in [0.1, 0.15) is 18.0 Å². The Hall–Kier alpha value is -2.73. The Labute approximate surface area is 163 Å². The van der Waals surface area contributed by atoms with Crippen molar-refractivity contribution in [3.63, 3.8) is 0 Å². The third-order valence-corrected chi connectivity index (χ3v) is 5.95. The van der Waals surface area contributed by atoms with Crippen LogP contribution in [-0.4, -0.2) is 53.0 Å². The number of ether oxygens (including phenoxy) is 1. The highest BCUT2D eigenvalue weighted by atomic mass is 16.5. The van der Waals surface area contributed by atoms with Crippen LogP contribution in [0.2, 0.25) is 0 Å². The molecule has 5 rings (SSSR count). The highest BCUT2D eigenvalue weighted by Gasteiger charge is 2.28. The van der Waals surface area contributed by atoms with Gasteiger partial charge in [-0.15, -0.1) is 0 Å². The molecule has 1 saturated heterocycles. The summed E-state index contributed by atoms with van der Waals surface area (Å²) in [5.74, 6) is 1.87. The molecule has 0 radical (unpaired) electrons. The summed E-state index contributed by atoms with van der Waals surface area (Å²) in [5, 5.41) is 0.630. The van der Waals surface area contributed by atoms with E-state index in [-0.39, 0.29) is 17.7 Å². The van der Waals surface area contributed by atoms with Crippen LogP contribution in [0.1, 0.15) is 37.1 Å². The molecule has 2 aromatic rings. The van der Waals surface area contributed by atoms with E-state index in [0.717, 1.165) is 54.3 Å². The van der Waals surface area contributed by atoms with E-state index in [4.69, 9.17) is 9.72 Å². The molecule has 3 aliphatic rings. The minimum absolute atomic E-state index is 0.0566. The van der Waals surface area contributed by atoms with E-state index in [9.17, 15) is 4.79 Å². The Kier molecular flexibility index (Phi) is 4.16. The maximum atomic E-state index is 12.8. The van der Waals surface area contributed by atoms with Crippen molar-refractivity contribution in [1.29, 1.82) is 0 Å². The zero-order valence-corrected chi connectivity index (χ0v) is 16.2. The van der Waals surface area contributed by atoms with Gasteiger partial charge in [0.05, 0.1) is 10.9 Å². The standard InChI is InChI=1S/C22H24N4O2/c1-13-23-19-6-4-16(12-20(19)28-13)15-3-5-18-17(11-15)22(27)25-21(24-18)14-7-9-26(2)10-8-14/h3-6,11-12,14,19-20H,7-10H2,1-2H3,(H,24,25,27). The minimum atomic E-state index is -0.0599. The summed E-state index contributed by atoms with van der Waals surface area (Å²) in [6, 6.07) is 5.98. The molecule has 0 bridgehead atoms. The largest absolute Gasteiger partial charge is 0.471 e. The molecule has 6 heteroatoms. The van der Waals surface area contributed by atoms with Crippen LogP contribution in [0.15, 0.2) is 46.2 Å². The second-order valence-corrected chi connectivity index (χ2v) is 7.96. The molecular weight excluding hydrogens is 352 g/mol. The normalized spacial score (nSPS) is 25.4. The second kappa shape index (κ2) is 6.71. The number of nitrogens with zero attached hydrogens (tertiary/aromatic N) is 3. The average molecular weight is 376 g/mol. The Bertz CT molecular complexity index is 1070. The molecule has 1 aromatic heterocycles. The summed E-state index contributed by atoms with van der Waals surface area (Å²) < 4.78 is 5.76. The predicted molar refractivity (Wildman–Crippen MR) is 111 cm³/mol. The van der Waals surface area contributed by atoms with Crippen LogP contribution < -0.4 is 5.56 Å². The lowest BCUT2D eigenvalue weighted by Gasteiger charge is -2.28. The van der Waals surface area contributed by atoms with Crippen LogP contribution in [0, 0.1) is 0 Å². The van der Waals surface area contributed by atoms with Crippen LogP contribution in [-0.2, 0) is 4.74 Å². The summed E-state index contributed by atoms with van der Waals surface area (Å²) in [5.41, 5.74) is 2.74. The zero-order valence-electron chi connectivity index (χ0n) is 16.2. The molecule has 28 heavy (non-hydrogen) atoms. The van der Waals surface area contributed by atoms with Gasteiger partial charge in [-0.2, -0.15) is 0 Å². The van der Waals surface area contributed by atoms with Crippen molar-refractivity contribution in [2.45, 2.75) is 37.8 Å². The number of aromatic nitrogens is 2. The SMILES string of the molecule is CC1=NC2C=CC(c3ccc4nc(C5CCN(C)CC5)[nH]c(=O)c4c3)=CC2O1. The van der Waals surface area contributed by atoms with Gasteiger partial charge in [-0.3, -0.25) is 4.79 Å². The van der Waals surface area contributed by atoms with Gasteiger partial charge in [0, 0.05) is 12.8 Å². The number of likely N-dealkylation sites (tertiary alicyclic amines) is 1. The molecule has 1 fully saturated rings. The van der Waals surface area contributed by atoms with Crippen LogP contribution in [0.3, 0.4) is 0 Å². The molecule has 1 N–H and O–H groups in total. The van der Waals surface area contributed by atoms with Crippen molar-refractivity contribution in [3.8, 4) is 0 Å².